The molecular formula is C13H13BrN2OS. The third kappa shape index (κ3) is 2.73. The van der Waals surface area contributed by atoms with E-state index in [0.717, 1.165) is 26.3 Å². The van der Waals surface area contributed by atoms with E-state index in [0.29, 0.717) is 4.88 Å². The van der Waals surface area contributed by atoms with Gasteiger partial charge < -0.3 is 11.1 Å². The highest BCUT2D eigenvalue weighted by Gasteiger charge is 2.11. The Hall–Kier alpha value is -1.33. The molecule has 2 aromatic rings. The van der Waals surface area contributed by atoms with Crippen molar-refractivity contribution in [1.82, 2.24) is 0 Å². The molecule has 1 aromatic carbocycles. The first-order chi connectivity index (χ1) is 8.47. The van der Waals surface area contributed by atoms with Crippen LogP contribution in [0.3, 0.4) is 0 Å². The lowest BCUT2D eigenvalue weighted by Crippen LogP contribution is -2.11. The zero-order valence-corrected chi connectivity index (χ0v) is 12.5. The first-order valence-corrected chi connectivity index (χ1v) is 7.01. The van der Waals surface area contributed by atoms with Crippen molar-refractivity contribution in [3.63, 3.8) is 0 Å². The molecule has 0 atom stereocenters. The van der Waals surface area contributed by atoms with Crippen LogP contribution in [0.1, 0.15) is 20.8 Å². The van der Waals surface area contributed by atoms with Crippen LogP contribution in [0.15, 0.2) is 28.1 Å². The minimum absolute atomic E-state index is 0.0991. The number of anilines is 2. The highest BCUT2D eigenvalue weighted by Crippen LogP contribution is 2.25. The molecule has 18 heavy (non-hydrogen) atoms. The second-order valence-corrected chi connectivity index (χ2v) is 6.54. The molecule has 0 spiro atoms. The Kier molecular flexibility index (Phi) is 3.73. The number of benzene rings is 1. The topological polar surface area (TPSA) is 55.1 Å². The first kappa shape index (κ1) is 13.1. The van der Waals surface area contributed by atoms with E-state index in [1.54, 1.807) is 6.07 Å². The standard InChI is InChI=1S/C13H13BrN2OS/c1-7-6-10(8(2)5-9(7)15)16-13(17)11-3-4-12(14)18-11/h3-6H,15H2,1-2H3,(H,16,17). The van der Waals surface area contributed by atoms with E-state index in [4.69, 9.17) is 5.73 Å². The Bertz CT molecular complexity index is 607. The van der Waals surface area contributed by atoms with E-state index in [1.165, 1.54) is 11.3 Å². The fraction of sp³-hybridized carbons (Fsp3) is 0.154. The molecule has 94 valence electrons. The smallest absolute Gasteiger partial charge is 0.265 e. The van der Waals surface area contributed by atoms with Gasteiger partial charge in [0.15, 0.2) is 0 Å². The third-order valence-corrected chi connectivity index (χ3v) is 4.28. The van der Waals surface area contributed by atoms with Gasteiger partial charge in [-0.05, 0) is 65.2 Å². The maximum absolute atomic E-state index is 12.0. The van der Waals surface area contributed by atoms with E-state index < -0.39 is 0 Å². The van der Waals surface area contributed by atoms with E-state index in [-0.39, 0.29) is 5.91 Å². The summed E-state index contributed by atoms with van der Waals surface area (Å²) in [5.74, 6) is -0.0991. The van der Waals surface area contributed by atoms with Crippen molar-refractivity contribution in [1.29, 1.82) is 0 Å². The van der Waals surface area contributed by atoms with Crippen LogP contribution in [0.2, 0.25) is 0 Å². The molecule has 0 fully saturated rings. The molecule has 1 aromatic heterocycles. The molecule has 3 nitrogen and oxygen atoms in total. The SMILES string of the molecule is Cc1cc(NC(=O)c2ccc(Br)s2)c(C)cc1N. The molecule has 5 heteroatoms. The molecule has 3 N–H and O–H groups in total. The van der Waals surface area contributed by atoms with E-state index >= 15 is 0 Å². The Morgan fingerprint density at radius 3 is 2.61 bits per heavy atom. The minimum atomic E-state index is -0.0991. The van der Waals surface area contributed by atoms with Crippen LogP contribution in [-0.4, -0.2) is 5.91 Å². The number of carbonyl (C=O) groups excluding carboxylic acids is 1. The van der Waals surface area contributed by atoms with Crippen LogP contribution < -0.4 is 11.1 Å². The predicted molar refractivity (Wildman–Crippen MR) is 80.3 cm³/mol. The summed E-state index contributed by atoms with van der Waals surface area (Å²) in [5, 5.41) is 2.90. The number of rotatable bonds is 2. The molecule has 0 aliphatic heterocycles. The van der Waals surface area contributed by atoms with Gasteiger partial charge >= 0.3 is 0 Å². The summed E-state index contributed by atoms with van der Waals surface area (Å²) >= 11 is 4.75. The normalized spacial score (nSPS) is 10.4. The number of nitrogens with one attached hydrogen (secondary N) is 1. The Balaban J connectivity index is 2.24. The molecule has 0 saturated carbocycles. The van der Waals surface area contributed by atoms with Gasteiger partial charge in [-0.1, -0.05) is 0 Å². The number of hydrogen-bond acceptors (Lipinski definition) is 3. The third-order valence-electron chi connectivity index (χ3n) is 2.66. The number of halogens is 1. The van der Waals surface area contributed by atoms with E-state index in [9.17, 15) is 4.79 Å². The Morgan fingerprint density at radius 1 is 1.28 bits per heavy atom. The van der Waals surface area contributed by atoms with Gasteiger partial charge in [0.2, 0.25) is 0 Å². The van der Waals surface area contributed by atoms with Crippen LogP contribution >= 0.6 is 27.3 Å². The molecule has 0 unspecified atom stereocenters. The van der Waals surface area contributed by atoms with Crippen molar-refractivity contribution in [3.8, 4) is 0 Å². The van der Waals surface area contributed by atoms with Crippen LogP contribution in [0.4, 0.5) is 11.4 Å². The number of hydrogen-bond donors (Lipinski definition) is 2. The van der Waals surface area contributed by atoms with Crippen molar-refractivity contribution in [2.75, 3.05) is 11.1 Å². The highest BCUT2D eigenvalue weighted by molar-refractivity contribution is 9.11. The van der Waals surface area contributed by atoms with Crippen molar-refractivity contribution >= 4 is 44.5 Å². The summed E-state index contributed by atoms with van der Waals surface area (Å²) < 4.78 is 0.942. The number of amides is 1. The molecule has 1 heterocycles. The summed E-state index contributed by atoms with van der Waals surface area (Å²) in [6, 6.07) is 7.42. The van der Waals surface area contributed by atoms with Crippen LogP contribution in [-0.2, 0) is 0 Å². The maximum Gasteiger partial charge on any atom is 0.265 e. The lowest BCUT2D eigenvalue weighted by atomic mass is 10.1. The summed E-state index contributed by atoms with van der Waals surface area (Å²) in [5.41, 5.74) is 9.28. The molecule has 2 rings (SSSR count). The Labute approximate surface area is 118 Å². The minimum Gasteiger partial charge on any atom is -0.399 e. The molecule has 0 bridgehead atoms. The average molecular weight is 325 g/mol. The number of nitrogens with two attached hydrogens (primary N) is 1. The molecule has 0 radical (unpaired) electrons. The maximum atomic E-state index is 12.0. The zero-order chi connectivity index (χ0) is 13.3. The van der Waals surface area contributed by atoms with Gasteiger partial charge in [-0.25, -0.2) is 0 Å². The first-order valence-electron chi connectivity index (χ1n) is 5.41. The monoisotopic (exact) mass is 324 g/mol. The van der Waals surface area contributed by atoms with Crippen molar-refractivity contribution < 1.29 is 4.79 Å². The highest BCUT2D eigenvalue weighted by atomic mass is 79.9. The van der Waals surface area contributed by atoms with Gasteiger partial charge in [-0.15, -0.1) is 11.3 Å². The fourth-order valence-electron chi connectivity index (χ4n) is 1.59. The van der Waals surface area contributed by atoms with Gasteiger partial charge in [-0.3, -0.25) is 4.79 Å². The van der Waals surface area contributed by atoms with Crippen LogP contribution in [0.5, 0.6) is 0 Å². The molecule has 1 amide bonds. The largest absolute Gasteiger partial charge is 0.399 e. The molecule has 0 saturated heterocycles. The predicted octanol–water partition coefficient (Wildman–Crippen LogP) is 3.96. The number of carbonyl (C=O) groups is 1. The van der Waals surface area contributed by atoms with E-state index in [1.807, 2.05) is 32.0 Å². The summed E-state index contributed by atoms with van der Waals surface area (Å²) in [6.45, 7) is 3.85. The Morgan fingerprint density at radius 2 is 2.00 bits per heavy atom. The van der Waals surface area contributed by atoms with Crippen molar-refractivity contribution in [2.45, 2.75) is 13.8 Å². The van der Waals surface area contributed by atoms with Gasteiger partial charge in [0.25, 0.3) is 5.91 Å². The number of nitrogen functional groups attached to an aromatic ring is 1. The molecule has 0 aliphatic carbocycles. The van der Waals surface area contributed by atoms with Gasteiger partial charge in [0.1, 0.15) is 0 Å². The average Bonchev–Trinajstić information content (AvgIpc) is 2.73. The fourth-order valence-corrected chi connectivity index (χ4v) is 2.87. The second-order valence-electron chi connectivity index (χ2n) is 4.08. The summed E-state index contributed by atoms with van der Waals surface area (Å²) in [7, 11) is 0. The van der Waals surface area contributed by atoms with Gasteiger partial charge in [0.05, 0.1) is 8.66 Å². The zero-order valence-electron chi connectivity index (χ0n) is 10.1. The summed E-state index contributed by atoms with van der Waals surface area (Å²) in [4.78, 5) is 12.7. The quantitative estimate of drug-likeness (QED) is 0.821. The lowest BCUT2D eigenvalue weighted by molar-refractivity contribution is 0.103. The van der Waals surface area contributed by atoms with Crippen LogP contribution in [0, 0.1) is 13.8 Å². The lowest BCUT2D eigenvalue weighted by Gasteiger charge is -2.10. The molecular weight excluding hydrogens is 312 g/mol. The van der Waals surface area contributed by atoms with Crippen molar-refractivity contribution in [2.24, 2.45) is 0 Å². The molecule has 0 aliphatic rings. The van der Waals surface area contributed by atoms with Crippen LogP contribution in [0.25, 0.3) is 0 Å². The van der Waals surface area contributed by atoms with Gasteiger partial charge in [-0.2, -0.15) is 0 Å². The van der Waals surface area contributed by atoms with Crippen molar-refractivity contribution in [3.05, 3.63) is 44.1 Å². The second kappa shape index (κ2) is 5.12. The number of thiophene rings is 1. The van der Waals surface area contributed by atoms with E-state index in [2.05, 4.69) is 21.2 Å². The number of aryl methyl sites for hydroxylation is 2. The van der Waals surface area contributed by atoms with Gasteiger partial charge in [0, 0.05) is 11.4 Å². The summed E-state index contributed by atoms with van der Waals surface area (Å²) in [6.07, 6.45) is 0.